The van der Waals surface area contributed by atoms with E-state index in [9.17, 15) is 10.0 Å². The number of hydrogen-bond donors (Lipinski definition) is 1. The van der Waals surface area contributed by atoms with E-state index in [0.717, 1.165) is 6.20 Å². The number of hydrogen-bond acceptors (Lipinski definition) is 2. The fraction of sp³-hybridized carbons (Fsp3) is 0. The maximum atomic E-state index is 11.2. The number of aromatic nitrogens is 2. The number of fused-ring (bicyclic) bond motifs is 1. The molecule has 0 unspecified atom stereocenters. The summed E-state index contributed by atoms with van der Waals surface area (Å²) in [5.41, 5.74) is 0.392. The van der Waals surface area contributed by atoms with Crippen LogP contribution in [0.1, 0.15) is 1.43 Å². The number of benzene rings is 1. The van der Waals surface area contributed by atoms with Crippen molar-refractivity contribution in [3.8, 4) is 0 Å². The van der Waals surface area contributed by atoms with E-state index < -0.39 is 5.56 Å². The van der Waals surface area contributed by atoms with E-state index in [0.29, 0.717) is 20.8 Å². The summed E-state index contributed by atoms with van der Waals surface area (Å²) in [5.74, 6) is 0. The van der Waals surface area contributed by atoms with Crippen LogP contribution < -0.4 is 39.8 Å². The van der Waals surface area contributed by atoms with Crippen molar-refractivity contribution in [1.82, 2.24) is 4.98 Å². The molecule has 0 aliphatic carbocycles. The predicted octanol–water partition coefficient (Wildman–Crippen LogP) is -2.07. The Kier molecular flexibility index (Phi) is 3.55. The van der Waals surface area contributed by atoms with Gasteiger partial charge in [-0.1, -0.05) is 11.6 Å². The molecule has 68 valence electrons. The summed E-state index contributed by atoms with van der Waals surface area (Å²) in [6.07, 6.45) is 0.941. The Morgan fingerprint density at radius 3 is 2.93 bits per heavy atom. The van der Waals surface area contributed by atoms with Gasteiger partial charge in [-0.25, -0.2) is 0 Å². The monoisotopic (exact) mass is 220 g/mol. The van der Waals surface area contributed by atoms with Crippen LogP contribution in [0.3, 0.4) is 0 Å². The van der Waals surface area contributed by atoms with Crippen LogP contribution in [0, 0.1) is 5.21 Å². The molecule has 0 spiro atoms. The van der Waals surface area contributed by atoms with Gasteiger partial charge in [-0.15, -0.1) is 0 Å². The smallest absolute Gasteiger partial charge is 1.00 e. The zero-order valence-corrected chi connectivity index (χ0v) is 10.2. The summed E-state index contributed by atoms with van der Waals surface area (Å²) < 4.78 is 0.518. The Labute approximate surface area is 108 Å². The van der Waals surface area contributed by atoms with Gasteiger partial charge in [0.2, 0.25) is 11.7 Å². The molecule has 0 fully saturated rings. The summed E-state index contributed by atoms with van der Waals surface area (Å²) in [6.45, 7) is 0. The number of H-pyrrole nitrogens is 1. The van der Waals surface area contributed by atoms with Crippen LogP contribution >= 0.6 is 11.6 Å². The van der Waals surface area contributed by atoms with E-state index in [1.165, 1.54) is 6.07 Å². The molecule has 1 aromatic carbocycles. The third-order valence-electron chi connectivity index (χ3n) is 1.69. The van der Waals surface area contributed by atoms with Gasteiger partial charge >= 0.3 is 35.1 Å². The Morgan fingerprint density at radius 1 is 1.50 bits per heavy atom. The largest absolute Gasteiger partial charge is 1.00 e. The molecule has 0 aliphatic rings. The zero-order chi connectivity index (χ0) is 9.42. The molecular weight excluding hydrogens is 215 g/mol. The fourth-order valence-electron chi connectivity index (χ4n) is 1.14. The third-order valence-corrected chi connectivity index (χ3v) is 1.92. The van der Waals surface area contributed by atoms with Gasteiger partial charge in [0.1, 0.15) is 5.52 Å². The molecule has 0 aliphatic heterocycles. The van der Waals surface area contributed by atoms with Crippen molar-refractivity contribution in [2.45, 2.75) is 0 Å². The van der Waals surface area contributed by atoms with Crippen LogP contribution in [0.4, 0.5) is 0 Å². The van der Waals surface area contributed by atoms with Crippen LogP contribution in [0.15, 0.2) is 29.2 Å². The molecule has 1 heterocycles. The first-order valence-corrected chi connectivity index (χ1v) is 3.96. The number of nitrogens with zero attached hydrogens (tertiary/aromatic N) is 1. The Hall–Kier alpha value is -0.550. The average Bonchev–Trinajstić information content (AvgIpc) is 2.02. The molecule has 0 atom stereocenters. The summed E-state index contributed by atoms with van der Waals surface area (Å²) in [5, 5.41) is 11.6. The molecule has 2 aromatic rings. The van der Waals surface area contributed by atoms with Gasteiger partial charge in [-0.05, 0) is 12.1 Å². The maximum Gasteiger partial charge on any atom is 1.00 e. The molecule has 1 aromatic heterocycles. The first-order valence-electron chi connectivity index (χ1n) is 3.58. The summed E-state index contributed by atoms with van der Waals surface area (Å²) in [7, 11) is 0. The molecule has 0 amide bonds. The van der Waals surface area contributed by atoms with E-state index >= 15 is 0 Å². The van der Waals surface area contributed by atoms with E-state index in [4.69, 9.17) is 11.6 Å². The molecule has 14 heavy (non-hydrogen) atoms. The van der Waals surface area contributed by atoms with Crippen molar-refractivity contribution in [2.24, 2.45) is 0 Å². The van der Waals surface area contributed by atoms with Gasteiger partial charge in [0, 0.05) is 11.1 Å². The standard InChI is InChI=1S/C8H5ClN2O2.Na.H/c9-5-1-2-7-6(3-5)10-8(12)4-11(7)13;;/h1-4H,(H,10,12);;/q;+1;-1. The van der Waals surface area contributed by atoms with Gasteiger partial charge in [0.25, 0.3) is 0 Å². The van der Waals surface area contributed by atoms with Gasteiger partial charge in [-0.2, -0.15) is 4.73 Å². The van der Waals surface area contributed by atoms with Crippen LogP contribution in [0.5, 0.6) is 0 Å². The molecule has 0 radical (unpaired) electrons. The minimum atomic E-state index is -0.440. The molecule has 4 nitrogen and oxygen atoms in total. The van der Waals surface area contributed by atoms with Gasteiger partial charge in [0.15, 0.2) is 0 Å². The maximum absolute atomic E-state index is 11.2. The number of nitrogens with one attached hydrogen (secondary N) is 1. The van der Waals surface area contributed by atoms with Crippen molar-refractivity contribution >= 4 is 22.6 Å². The summed E-state index contributed by atoms with van der Waals surface area (Å²) >= 11 is 5.69. The second-order valence-electron chi connectivity index (χ2n) is 2.61. The first kappa shape index (κ1) is 11.5. The Bertz CT molecular complexity index is 532. The van der Waals surface area contributed by atoms with Crippen molar-refractivity contribution in [3.63, 3.8) is 0 Å². The Morgan fingerprint density at radius 2 is 2.21 bits per heavy atom. The summed E-state index contributed by atoms with van der Waals surface area (Å²) in [6, 6.07) is 4.68. The SMILES string of the molecule is O=c1c[n+]([O-])c2ccc(Cl)cc2[nH]1.[H-].[Na+]. The second kappa shape index (κ2) is 4.31. The van der Waals surface area contributed by atoms with Crippen LogP contribution in [-0.4, -0.2) is 4.98 Å². The quantitative estimate of drug-likeness (QED) is 0.315. The molecule has 1 N–H and O–H groups in total. The number of rotatable bonds is 0. The van der Waals surface area contributed by atoms with E-state index in [2.05, 4.69) is 4.98 Å². The van der Waals surface area contributed by atoms with Gasteiger partial charge < -0.3 is 11.6 Å². The van der Waals surface area contributed by atoms with Crippen molar-refractivity contribution < 1.29 is 35.7 Å². The second-order valence-corrected chi connectivity index (χ2v) is 3.04. The average molecular weight is 221 g/mol. The third kappa shape index (κ3) is 2.09. The van der Waals surface area contributed by atoms with Crippen molar-refractivity contribution in [1.29, 1.82) is 0 Å². The molecule has 0 saturated carbocycles. The van der Waals surface area contributed by atoms with Gasteiger partial charge in [-0.3, -0.25) is 4.79 Å². The molecule has 6 heteroatoms. The van der Waals surface area contributed by atoms with Gasteiger partial charge in [0.05, 0.1) is 0 Å². The topological polar surface area (TPSA) is 59.8 Å². The van der Waals surface area contributed by atoms with E-state index in [-0.39, 0.29) is 31.0 Å². The molecule has 2 rings (SSSR count). The number of halogens is 1. The number of aromatic amines is 1. The van der Waals surface area contributed by atoms with Crippen molar-refractivity contribution in [2.75, 3.05) is 0 Å². The van der Waals surface area contributed by atoms with E-state index in [1.807, 2.05) is 0 Å². The van der Waals surface area contributed by atoms with Crippen LogP contribution in [0.25, 0.3) is 11.0 Å². The minimum absolute atomic E-state index is 0. The fourth-order valence-corrected chi connectivity index (χ4v) is 1.31. The van der Waals surface area contributed by atoms with Crippen molar-refractivity contribution in [3.05, 3.63) is 45.0 Å². The molecular formula is C8H6ClN2NaO2. The zero-order valence-electron chi connectivity index (χ0n) is 8.45. The minimum Gasteiger partial charge on any atom is -1.00 e. The van der Waals surface area contributed by atoms with E-state index in [1.54, 1.807) is 12.1 Å². The molecule has 0 saturated heterocycles. The predicted molar refractivity (Wildman–Crippen MR) is 49.7 cm³/mol. The first-order chi connectivity index (χ1) is 6.16. The normalized spacial score (nSPS) is 9.79. The summed E-state index contributed by atoms with van der Waals surface area (Å²) in [4.78, 5) is 13.4. The van der Waals surface area contributed by atoms with Crippen LogP contribution in [0.2, 0.25) is 5.02 Å². The Balaban J connectivity index is 0.000000980. The molecule has 0 bridgehead atoms. The van der Waals surface area contributed by atoms with Crippen LogP contribution in [-0.2, 0) is 0 Å².